The molecule has 2 fully saturated rings. The summed E-state index contributed by atoms with van der Waals surface area (Å²) in [5.41, 5.74) is 2.02. The lowest BCUT2D eigenvalue weighted by molar-refractivity contribution is -0.128. The van der Waals surface area contributed by atoms with Crippen LogP contribution in [0.2, 0.25) is 0 Å². The number of aromatic amines is 1. The number of amides is 1. The molecular formula is C20H24F2N4O. The molecule has 2 saturated heterocycles. The first-order valence-corrected chi connectivity index (χ1v) is 9.55. The highest BCUT2D eigenvalue weighted by Gasteiger charge is 2.28. The van der Waals surface area contributed by atoms with Crippen molar-refractivity contribution in [2.45, 2.75) is 32.6 Å². The van der Waals surface area contributed by atoms with Crippen LogP contribution in [0.1, 0.15) is 31.4 Å². The third kappa shape index (κ3) is 3.55. The number of rotatable bonds is 4. The Morgan fingerprint density at radius 2 is 1.89 bits per heavy atom. The SMILES string of the molecule is Cc1[nH]ncc1-c1cc(F)c(N2CCC(CN3CCCC3=O)CC2)c(F)c1. The number of likely N-dealkylation sites (tertiary alicyclic amines) is 1. The minimum absolute atomic E-state index is 0.0515. The van der Waals surface area contributed by atoms with Gasteiger partial charge in [-0.15, -0.1) is 0 Å². The number of hydrogen-bond acceptors (Lipinski definition) is 3. The smallest absolute Gasteiger partial charge is 0.222 e. The Kier molecular flexibility index (Phi) is 4.85. The number of nitrogens with one attached hydrogen (secondary N) is 1. The normalized spacial score (nSPS) is 18.6. The van der Waals surface area contributed by atoms with Gasteiger partial charge in [-0.1, -0.05) is 0 Å². The lowest BCUT2D eigenvalue weighted by atomic mass is 9.95. The van der Waals surface area contributed by atoms with Crippen LogP contribution in [0.4, 0.5) is 14.5 Å². The van der Waals surface area contributed by atoms with E-state index < -0.39 is 11.6 Å². The zero-order valence-corrected chi connectivity index (χ0v) is 15.5. The van der Waals surface area contributed by atoms with Crippen LogP contribution >= 0.6 is 0 Å². The Morgan fingerprint density at radius 3 is 2.44 bits per heavy atom. The van der Waals surface area contributed by atoms with Crippen LogP contribution in [-0.2, 0) is 4.79 Å². The van der Waals surface area contributed by atoms with Crippen molar-refractivity contribution in [3.8, 4) is 11.1 Å². The average Bonchev–Trinajstić information content (AvgIpc) is 3.24. The van der Waals surface area contributed by atoms with E-state index in [1.807, 2.05) is 11.8 Å². The van der Waals surface area contributed by atoms with Crippen molar-refractivity contribution in [2.75, 3.05) is 31.1 Å². The number of carbonyl (C=O) groups is 1. The Labute approximate surface area is 157 Å². The van der Waals surface area contributed by atoms with Gasteiger partial charge in [0, 0.05) is 43.9 Å². The zero-order chi connectivity index (χ0) is 19.0. The molecule has 1 aromatic carbocycles. The number of carbonyl (C=O) groups excluding carboxylic acids is 1. The average molecular weight is 374 g/mol. The van der Waals surface area contributed by atoms with E-state index in [0.29, 0.717) is 36.6 Å². The molecule has 3 heterocycles. The number of aryl methyl sites for hydroxylation is 1. The molecule has 0 aliphatic carbocycles. The summed E-state index contributed by atoms with van der Waals surface area (Å²) in [5, 5.41) is 6.71. The number of halogens is 2. The number of benzene rings is 1. The van der Waals surface area contributed by atoms with E-state index >= 15 is 0 Å². The highest BCUT2D eigenvalue weighted by atomic mass is 19.1. The monoisotopic (exact) mass is 374 g/mol. The number of hydrogen-bond donors (Lipinski definition) is 1. The first-order valence-electron chi connectivity index (χ1n) is 9.55. The maximum Gasteiger partial charge on any atom is 0.222 e. The predicted octanol–water partition coefficient (Wildman–Crippen LogP) is 3.50. The molecule has 4 rings (SSSR count). The molecule has 144 valence electrons. The predicted molar refractivity (Wildman–Crippen MR) is 99.4 cm³/mol. The van der Waals surface area contributed by atoms with Crippen LogP contribution in [0.3, 0.4) is 0 Å². The molecule has 1 aromatic heterocycles. The fraction of sp³-hybridized carbons (Fsp3) is 0.500. The summed E-state index contributed by atoms with van der Waals surface area (Å²) in [4.78, 5) is 15.5. The molecule has 0 unspecified atom stereocenters. The Hall–Kier alpha value is -2.44. The molecule has 27 heavy (non-hydrogen) atoms. The fourth-order valence-electron chi connectivity index (χ4n) is 4.21. The molecule has 7 heteroatoms. The second-order valence-electron chi connectivity index (χ2n) is 7.57. The van der Waals surface area contributed by atoms with Crippen molar-refractivity contribution in [3.05, 3.63) is 35.7 Å². The second-order valence-corrected chi connectivity index (χ2v) is 7.57. The van der Waals surface area contributed by atoms with E-state index in [0.717, 1.165) is 38.0 Å². The van der Waals surface area contributed by atoms with Gasteiger partial charge in [0.15, 0.2) is 0 Å². The highest BCUT2D eigenvalue weighted by Crippen LogP contribution is 2.33. The molecule has 5 nitrogen and oxygen atoms in total. The highest BCUT2D eigenvalue weighted by molar-refractivity contribution is 5.78. The van der Waals surface area contributed by atoms with Crippen molar-refractivity contribution in [2.24, 2.45) is 5.92 Å². The van der Waals surface area contributed by atoms with Crippen LogP contribution in [-0.4, -0.2) is 47.2 Å². The van der Waals surface area contributed by atoms with Crippen LogP contribution in [0.25, 0.3) is 11.1 Å². The molecule has 1 N–H and O–H groups in total. The largest absolute Gasteiger partial charge is 0.367 e. The van der Waals surface area contributed by atoms with E-state index in [2.05, 4.69) is 10.2 Å². The van der Waals surface area contributed by atoms with Crippen LogP contribution in [0.5, 0.6) is 0 Å². The van der Waals surface area contributed by atoms with Crippen LogP contribution in [0.15, 0.2) is 18.3 Å². The molecule has 2 aliphatic heterocycles. The first kappa shape index (κ1) is 17.9. The molecule has 2 aliphatic rings. The molecule has 0 bridgehead atoms. The number of piperidine rings is 1. The van der Waals surface area contributed by atoms with E-state index in [1.165, 1.54) is 12.1 Å². The molecule has 0 atom stereocenters. The zero-order valence-electron chi connectivity index (χ0n) is 15.5. The lowest BCUT2D eigenvalue weighted by Crippen LogP contribution is -2.39. The number of nitrogens with zero attached hydrogens (tertiary/aromatic N) is 3. The van der Waals surface area contributed by atoms with Gasteiger partial charge >= 0.3 is 0 Å². The first-order chi connectivity index (χ1) is 13.0. The molecule has 0 radical (unpaired) electrons. The Bertz CT molecular complexity index is 819. The van der Waals surface area contributed by atoms with Gasteiger partial charge in [0.1, 0.15) is 17.3 Å². The van der Waals surface area contributed by atoms with E-state index in [4.69, 9.17) is 0 Å². The lowest BCUT2D eigenvalue weighted by Gasteiger charge is -2.35. The third-order valence-corrected chi connectivity index (χ3v) is 5.74. The number of H-pyrrole nitrogens is 1. The van der Waals surface area contributed by atoms with E-state index in [-0.39, 0.29) is 11.6 Å². The molecule has 0 spiro atoms. The van der Waals surface area contributed by atoms with Gasteiger partial charge in [0.05, 0.1) is 6.20 Å². The minimum Gasteiger partial charge on any atom is -0.367 e. The molecule has 2 aromatic rings. The van der Waals surface area contributed by atoms with Gasteiger partial charge < -0.3 is 9.80 Å². The van der Waals surface area contributed by atoms with Crippen molar-refractivity contribution < 1.29 is 13.6 Å². The molecule has 0 saturated carbocycles. The van der Waals surface area contributed by atoms with Gasteiger partial charge in [-0.25, -0.2) is 8.78 Å². The standard InChI is InChI=1S/C20H24F2N4O/c1-13-16(11-23-24-13)15-9-17(21)20(18(22)10-15)25-7-4-14(5-8-25)12-26-6-2-3-19(26)27/h9-11,14H,2-8,12H2,1H3,(H,23,24). The molecular weight excluding hydrogens is 350 g/mol. The van der Waals surface area contributed by atoms with Gasteiger partial charge in [-0.2, -0.15) is 5.10 Å². The van der Waals surface area contributed by atoms with Gasteiger partial charge in [0.2, 0.25) is 5.91 Å². The maximum absolute atomic E-state index is 14.7. The summed E-state index contributed by atoms with van der Waals surface area (Å²) in [7, 11) is 0. The van der Waals surface area contributed by atoms with E-state index in [9.17, 15) is 13.6 Å². The topological polar surface area (TPSA) is 52.2 Å². The maximum atomic E-state index is 14.7. The van der Waals surface area contributed by atoms with Crippen molar-refractivity contribution in [1.29, 1.82) is 0 Å². The van der Waals surface area contributed by atoms with Crippen molar-refractivity contribution in [3.63, 3.8) is 0 Å². The van der Waals surface area contributed by atoms with Crippen LogP contribution < -0.4 is 4.90 Å². The Balaban J connectivity index is 1.45. The van der Waals surface area contributed by atoms with Crippen molar-refractivity contribution in [1.82, 2.24) is 15.1 Å². The second kappa shape index (κ2) is 7.29. The van der Waals surface area contributed by atoms with Gasteiger partial charge in [0.25, 0.3) is 0 Å². The summed E-state index contributed by atoms with van der Waals surface area (Å²) in [6, 6.07) is 2.76. The minimum atomic E-state index is -0.543. The van der Waals surface area contributed by atoms with Crippen LogP contribution in [0, 0.1) is 24.5 Å². The Morgan fingerprint density at radius 1 is 1.19 bits per heavy atom. The summed E-state index contributed by atoms with van der Waals surface area (Å²) in [6.45, 7) is 4.64. The summed E-state index contributed by atoms with van der Waals surface area (Å²) >= 11 is 0. The summed E-state index contributed by atoms with van der Waals surface area (Å²) in [6.07, 6.45) is 4.85. The number of aromatic nitrogens is 2. The van der Waals surface area contributed by atoms with Crippen molar-refractivity contribution >= 4 is 11.6 Å². The van der Waals surface area contributed by atoms with Gasteiger partial charge in [-0.05, 0) is 49.8 Å². The fourth-order valence-corrected chi connectivity index (χ4v) is 4.21. The molecule has 1 amide bonds. The third-order valence-electron chi connectivity index (χ3n) is 5.74. The van der Waals surface area contributed by atoms with E-state index in [1.54, 1.807) is 11.1 Å². The number of anilines is 1. The van der Waals surface area contributed by atoms with Gasteiger partial charge in [-0.3, -0.25) is 9.89 Å². The summed E-state index contributed by atoms with van der Waals surface area (Å²) in [5.74, 6) is -0.445. The quantitative estimate of drug-likeness (QED) is 0.891. The summed E-state index contributed by atoms with van der Waals surface area (Å²) < 4.78 is 29.5.